The molecule has 0 bridgehead atoms. The third-order valence-electron chi connectivity index (χ3n) is 30.1. The second-order valence-corrected chi connectivity index (χ2v) is 38.9. The van der Waals surface area contributed by atoms with E-state index in [1.807, 2.05) is 48.1 Å². The van der Waals surface area contributed by atoms with Crippen LogP contribution in [0, 0.1) is 0 Å². The highest BCUT2D eigenvalue weighted by atomic mass is 32.1. The summed E-state index contributed by atoms with van der Waals surface area (Å²) in [6.07, 6.45) is 5.68. The number of imidazole rings is 3. The largest absolute Gasteiger partial charge is 0.309 e. The van der Waals surface area contributed by atoms with Crippen molar-refractivity contribution in [3.8, 4) is 61.6 Å². The van der Waals surface area contributed by atoms with Gasteiger partial charge in [0.25, 0.3) is 0 Å². The maximum atomic E-state index is 5.18. The molecule has 0 aliphatic rings. The minimum Gasteiger partial charge on any atom is -0.309 e. The summed E-state index contributed by atoms with van der Waals surface area (Å²) in [6, 6.07) is 164. The summed E-state index contributed by atoms with van der Waals surface area (Å²) >= 11 is 1.88. The normalized spacial score (nSPS) is 12.1. The molecule has 0 saturated heterocycles. The van der Waals surface area contributed by atoms with Crippen molar-refractivity contribution in [1.29, 1.82) is 0 Å². The van der Waals surface area contributed by atoms with Crippen LogP contribution in [-0.2, 0) is 0 Å². The number of para-hydroxylation sites is 11. The van der Waals surface area contributed by atoms with Crippen molar-refractivity contribution >= 4 is 245 Å². The molecular formula is C132H78N12S. The van der Waals surface area contributed by atoms with Crippen LogP contribution in [0.4, 0.5) is 0 Å². The minimum absolute atomic E-state index is 0.949. The van der Waals surface area contributed by atoms with E-state index in [2.05, 4.69) is 464 Å². The van der Waals surface area contributed by atoms with Gasteiger partial charge in [-0.1, -0.05) is 273 Å². The summed E-state index contributed by atoms with van der Waals surface area (Å²) in [5, 5.41) is 23.7. The quantitative estimate of drug-likeness (QED) is 0.147. The zero-order valence-electron chi connectivity index (χ0n) is 77.8. The van der Waals surface area contributed by atoms with Crippen molar-refractivity contribution in [2.24, 2.45) is 0 Å². The van der Waals surface area contributed by atoms with Gasteiger partial charge in [0, 0.05) is 153 Å². The molecule has 33 rings (SSSR count). The molecule has 0 amide bonds. The van der Waals surface area contributed by atoms with E-state index in [0.29, 0.717) is 0 Å². The third-order valence-corrected chi connectivity index (χ3v) is 31.3. The van der Waals surface area contributed by atoms with Crippen LogP contribution in [0.15, 0.2) is 474 Å². The third kappa shape index (κ3) is 12.2. The van der Waals surface area contributed by atoms with Gasteiger partial charge in [0.2, 0.25) is 0 Å². The van der Waals surface area contributed by atoms with E-state index in [4.69, 9.17) is 29.9 Å². The lowest BCUT2D eigenvalue weighted by Crippen LogP contribution is -2.00. The highest BCUT2D eigenvalue weighted by molar-refractivity contribution is 7.26. The van der Waals surface area contributed by atoms with E-state index in [0.717, 1.165) is 148 Å². The molecule has 672 valence electrons. The van der Waals surface area contributed by atoms with Gasteiger partial charge in [-0.15, -0.1) is 11.3 Å². The van der Waals surface area contributed by atoms with E-state index in [1.165, 1.54) is 147 Å². The monoisotopic (exact) mass is 1860 g/mol. The fraction of sp³-hybridized carbons (Fsp3) is 0. The summed E-state index contributed by atoms with van der Waals surface area (Å²) in [4.78, 5) is 30.1. The molecule has 13 aromatic heterocycles. The molecule has 20 aromatic carbocycles. The van der Waals surface area contributed by atoms with Crippen molar-refractivity contribution in [2.75, 3.05) is 0 Å². The number of nitrogens with zero attached hydrogens (tertiary/aromatic N) is 12. The first-order valence-corrected chi connectivity index (χ1v) is 50.0. The average Bonchev–Trinajstić information content (AvgIpc) is 1.56. The number of benzene rings is 20. The van der Waals surface area contributed by atoms with Gasteiger partial charge in [-0.05, 0) is 226 Å². The Kier molecular flexibility index (Phi) is 17.6. The Morgan fingerprint density at radius 2 is 0.538 bits per heavy atom. The predicted molar refractivity (Wildman–Crippen MR) is 607 cm³/mol. The summed E-state index contributed by atoms with van der Waals surface area (Å²) in [5.41, 5.74) is 35.7. The van der Waals surface area contributed by atoms with Gasteiger partial charge in [0.1, 0.15) is 16.9 Å². The fourth-order valence-corrected chi connectivity index (χ4v) is 25.0. The predicted octanol–water partition coefficient (Wildman–Crippen LogP) is 34.4. The standard InChI is InChI=1S/C46H27N5.C46H28N4.C40H23N3S/c1-2-12-29(13-3-1)49-38-17-7-4-14-31(38)33-23-24-34-32-15-5-8-18-39(32)50(45(34)44(33)49)30-21-25-40-36(27-30)42-35(22-20-28-11-10-26-47-43(28)42)46-48-37-16-6-9-19-41(37)51(40)46;1-2-10-34(11-3-1)49-40-14-6-4-12-35(40)37-27-32(21-24-41(37)49)29-16-18-30(19-17-29)33-22-25-42-38(28-33)44-36(23-20-31-9-8-26-47-45(31)44)46-48-39-13-5-7-15-43(39)50(42)46;1-4-16-36-29(11-1)30-13-6-12-28(39(30)44-36)27-9-5-8-25(22-27)26-18-20-34-32(23-26)37-31(19-17-24-10-7-21-41-38(24)37)40-42-33-14-2-3-15-35(33)43(34)40/h1-27H;1-28H;1-23H. The number of aromatic nitrogens is 12. The van der Waals surface area contributed by atoms with Gasteiger partial charge in [-0.25, -0.2) is 15.0 Å². The summed E-state index contributed by atoms with van der Waals surface area (Å²) < 4.78 is 16.9. The van der Waals surface area contributed by atoms with Crippen molar-refractivity contribution in [3.05, 3.63) is 474 Å². The lowest BCUT2D eigenvalue weighted by molar-refractivity contribution is 1.15. The van der Waals surface area contributed by atoms with E-state index < -0.39 is 0 Å². The summed E-state index contributed by atoms with van der Waals surface area (Å²) in [5.74, 6) is 0. The molecule has 0 spiro atoms. The molecule has 0 saturated carbocycles. The van der Waals surface area contributed by atoms with E-state index in [9.17, 15) is 0 Å². The van der Waals surface area contributed by atoms with Crippen molar-refractivity contribution in [2.45, 2.75) is 0 Å². The highest BCUT2D eigenvalue weighted by Crippen LogP contribution is 2.49. The van der Waals surface area contributed by atoms with Crippen LogP contribution in [-0.4, -0.2) is 56.8 Å². The van der Waals surface area contributed by atoms with Crippen LogP contribution in [0.1, 0.15) is 0 Å². The maximum Gasteiger partial charge on any atom is 0.146 e. The molecular weight excluding hydrogens is 1790 g/mol. The van der Waals surface area contributed by atoms with Gasteiger partial charge in [0.05, 0.1) is 99.3 Å². The molecule has 12 nitrogen and oxygen atoms in total. The van der Waals surface area contributed by atoms with Crippen LogP contribution in [0.3, 0.4) is 0 Å². The zero-order chi connectivity index (χ0) is 94.7. The second-order valence-electron chi connectivity index (χ2n) is 37.9. The molecule has 0 radical (unpaired) electrons. The number of pyridine rings is 6. The fourth-order valence-electron chi connectivity index (χ4n) is 23.8. The average molecular weight is 1860 g/mol. The molecule has 145 heavy (non-hydrogen) atoms. The first-order valence-electron chi connectivity index (χ1n) is 49.2. The van der Waals surface area contributed by atoms with Gasteiger partial charge in [-0.2, -0.15) is 0 Å². The van der Waals surface area contributed by atoms with Crippen molar-refractivity contribution < 1.29 is 0 Å². The molecule has 0 unspecified atom stereocenters. The number of hydrogen-bond donors (Lipinski definition) is 0. The first-order chi connectivity index (χ1) is 71.9. The van der Waals surface area contributed by atoms with Gasteiger partial charge < -0.3 is 13.7 Å². The van der Waals surface area contributed by atoms with Crippen LogP contribution < -0.4 is 0 Å². The van der Waals surface area contributed by atoms with E-state index in [1.54, 1.807) is 0 Å². The maximum absolute atomic E-state index is 5.18. The summed E-state index contributed by atoms with van der Waals surface area (Å²) in [6.45, 7) is 0. The molecule has 33 aromatic rings. The van der Waals surface area contributed by atoms with E-state index >= 15 is 0 Å². The molecule has 0 N–H and O–H groups in total. The smallest absolute Gasteiger partial charge is 0.146 e. The number of rotatable bonds is 7. The van der Waals surface area contributed by atoms with Crippen LogP contribution in [0.2, 0.25) is 0 Å². The van der Waals surface area contributed by atoms with Crippen molar-refractivity contribution in [3.63, 3.8) is 0 Å². The van der Waals surface area contributed by atoms with Crippen LogP contribution >= 0.6 is 11.3 Å². The lowest BCUT2D eigenvalue weighted by Gasteiger charge is -2.15. The molecule has 0 fully saturated rings. The highest BCUT2D eigenvalue weighted by Gasteiger charge is 2.27. The number of thiophene rings is 1. The Morgan fingerprint density at radius 1 is 0.186 bits per heavy atom. The molecule has 13 heteroatoms. The lowest BCUT2D eigenvalue weighted by atomic mass is 9.95. The first kappa shape index (κ1) is 80.6. The minimum atomic E-state index is 0.949. The van der Waals surface area contributed by atoms with E-state index in [-0.39, 0.29) is 0 Å². The van der Waals surface area contributed by atoms with Crippen LogP contribution in [0.25, 0.3) is 295 Å². The SMILES string of the molecule is c1cc(-c2ccc3c(c2)c2c(ccc4cccnc42)c2nc4ccccc4n32)cc(-c2cccc3c2sc2ccccc23)c1.c1ccc(-n2c3ccccc3c3cc(-c4ccc(-c5ccc6c(c5)c5c(ccc7cccnc75)c5nc7ccccc7n65)cc4)ccc32)cc1.c1ccc(-n2c3ccccc3c3ccc4c5ccccc5n(-c5ccc6c(c5)c5c(ccc7cccnc75)c5nc7ccccc7n65)c4c32)cc1. The Bertz CT molecular complexity index is 11400. The topological polar surface area (TPSA) is 105 Å². The van der Waals surface area contributed by atoms with Crippen molar-refractivity contribution in [1.82, 2.24) is 56.8 Å². The number of hydrogen-bond acceptors (Lipinski definition) is 7. The second kappa shape index (κ2) is 31.6. The molecule has 0 aliphatic heterocycles. The van der Waals surface area contributed by atoms with Gasteiger partial charge in [0.15, 0.2) is 0 Å². The molecule has 13 heterocycles. The Labute approximate surface area is 830 Å². The number of fused-ring (bicyclic) bond motifs is 43. The molecule has 0 aliphatic carbocycles. The molecule has 0 atom stereocenters. The van der Waals surface area contributed by atoms with Gasteiger partial charge >= 0.3 is 0 Å². The van der Waals surface area contributed by atoms with Crippen LogP contribution in [0.5, 0.6) is 0 Å². The zero-order valence-corrected chi connectivity index (χ0v) is 78.6. The Hall–Kier alpha value is -19.3. The summed E-state index contributed by atoms with van der Waals surface area (Å²) in [7, 11) is 0. The van der Waals surface area contributed by atoms with Gasteiger partial charge in [-0.3, -0.25) is 28.2 Å². The Balaban J connectivity index is 0.0000000993. The Morgan fingerprint density at radius 3 is 1.04 bits per heavy atom.